The van der Waals surface area contributed by atoms with Crippen molar-refractivity contribution in [2.24, 2.45) is 11.8 Å². The lowest BCUT2D eigenvalue weighted by molar-refractivity contribution is -0.131. The maximum absolute atomic E-state index is 12.5. The van der Waals surface area contributed by atoms with Crippen LogP contribution in [-0.4, -0.2) is 54.6 Å². The van der Waals surface area contributed by atoms with Gasteiger partial charge < -0.3 is 9.80 Å². The quantitative estimate of drug-likeness (QED) is 0.765. The van der Waals surface area contributed by atoms with Gasteiger partial charge in [-0.05, 0) is 31.8 Å². The SMILES string of the molecule is CCN(C)CCN1C(=O)C(CC(C)C)NC1C(C)C. The van der Waals surface area contributed by atoms with Gasteiger partial charge in [0.05, 0.1) is 12.2 Å². The largest absolute Gasteiger partial charge is 0.324 e. The van der Waals surface area contributed by atoms with Crippen LogP contribution in [0.4, 0.5) is 0 Å². The fraction of sp³-hybridized carbons (Fsp3) is 0.933. The van der Waals surface area contributed by atoms with Crippen LogP contribution in [0.3, 0.4) is 0 Å². The third-order valence-corrected chi connectivity index (χ3v) is 3.89. The molecule has 1 aliphatic rings. The van der Waals surface area contributed by atoms with Crippen molar-refractivity contribution < 1.29 is 4.79 Å². The molecule has 0 bridgehead atoms. The van der Waals surface area contributed by atoms with Crippen LogP contribution in [0.25, 0.3) is 0 Å². The van der Waals surface area contributed by atoms with E-state index in [1.807, 2.05) is 4.90 Å². The molecule has 1 aliphatic heterocycles. The first-order valence-corrected chi connectivity index (χ1v) is 7.61. The molecule has 1 amide bonds. The Morgan fingerprint density at radius 3 is 2.42 bits per heavy atom. The Bertz CT molecular complexity index is 291. The molecule has 0 radical (unpaired) electrons. The van der Waals surface area contributed by atoms with Gasteiger partial charge in [-0.25, -0.2) is 0 Å². The highest BCUT2D eigenvalue weighted by atomic mass is 16.2. The second kappa shape index (κ2) is 7.25. The lowest BCUT2D eigenvalue weighted by Crippen LogP contribution is -2.44. The predicted octanol–water partition coefficient (Wildman–Crippen LogP) is 1.77. The van der Waals surface area contributed by atoms with E-state index in [1.165, 1.54) is 0 Å². The Kier molecular flexibility index (Phi) is 6.27. The Labute approximate surface area is 118 Å². The highest BCUT2D eigenvalue weighted by molar-refractivity contribution is 5.84. The summed E-state index contributed by atoms with van der Waals surface area (Å²) in [4.78, 5) is 16.8. The van der Waals surface area contributed by atoms with Crippen molar-refractivity contribution in [1.29, 1.82) is 0 Å². The first kappa shape index (κ1) is 16.4. The topological polar surface area (TPSA) is 35.6 Å². The molecule has 1 N–H and O–H groups in total. The fourth-order valence-corrected chi connectivity index (χ4v) is 2.58. The molecule has 0 aromatic heterocycles. The molecule has 0 aromatic rings. The summed E-state index contributed by atoms with van der Waals surface area (Å²) < 4.78 is 0. The smallest absolute Gasteiger partial charge is 0.241 e. The highest BCUT2D eigenvalue weighted by Gasteiger charge is 2.39. The molecule has 0 spiro atoms. The zero-order chi connectivity index (χ0) is 14.6. The summed E-state index contributed by atoms with van der Waals surface area (Å²) in [6.45, 7) is 13.6. The fourth-order valence-electron chi connectivity index (χ4n) is 2.58. The van der Waals surface area contributed by atoms with Gasteiger partial charge in [-0.15, -0.1) is 0 Å². The van der Waals surface area contributed by atoms with E-state index in [1.54, 1.807) is 0 Å². The average Bonchev–Trinajstić information content (AvgIpc) is 2.63. The van der Waals surface area contributed by atoms with Crippen LogP contribution in [0.1, 0.15) is 41.0 Å². The van der Waals surface area contributed by atoms with Gasteiger partial charge in [-0.3, -0.25) is 10.1 Å². The van der Waals surface area contributed by atoms with Crippen molar-refractivity contribution in [2.45, 2.75) is 53.2 Å². The van der Waals surface area contributed by atoms with E-state index in [4.69, 9.17) is 0 Å². The van der Waals surface area contributed by atoms with Crippen molar-refractivity contribution in [3.05, 3.63) is 0 Å². The maximum atomic E-state index is 12.5. The molecular formula is C15H31N3O. The van der Waals surface area contributed by atoms with Gasteiger partial charge in [0.15, 0.2) is 0 Å². The molecule has 1 rings (SSSR count). The summed E-state index contributed by atoms with van der Waals surface area (Å²) in [5.41, 5.74) is 0. The number of nitrogens with one attached hydrogen (secondary N) is 1. The molecule has 4 nitrogen and oxygen atoms in total. The molecule has 0 aromatic carbocycles. The van der Waals surface area contributed by atoms with Crippen molar-refractivity contribution in [3.8, 4) is 0 Å². The summed E-state index contributed by atoms with van der Waals surface area (Å²) in [5, 5.41) is 3.52. The number of carbonyl (C=O) groups is 1. The number of nitrogens with zero attached hydrogens (tertiary/aromatic N) is 2. The van der Waals surface area contributed by atoms with Gasteiger partial charge in [0.25, 0.3) is 0 Å². The van der Waals surface area contributed by atoms with E-state index >= 15 is 0 Å². The summed E-state index contributed by atoms with van der Waals surface area (Å²) >= 11 is 0. The van der Waals surface area contributed by atoms with Gasteiger partial charge in [-0.2, -0.15) is 0 Å². The molecule has 2 unspecified atom stereocenters. The monoisotopic (exact) mass is 269 g/mol. The number of carbonyl (C=O) groups excluding carboxylic acids is 1. The van der Waals surface area contributed by atoms with E-state index in [-0.39, 0.29) is 18.1 Å². The minimum atomic E-state index is 0.0133. The van der Waals surface area contributed by atoms with E-state index in [0.29, 0.717) is 11.8 Å². The summed E-state index contributed by atoms with van der Waals surface area (Å²) in [6, 6.07) is 0.0133. The van der Waals surface area contributed by atoms with Gasteiger partial charge in [0, 0.05) is 13.1 Å². The third-order valence-electron chi connectivity index (χ3n) is 3.89. The lowest BCUT2D eigenvalue weighted by Gasteiger charge is -2.28. The maximum Gasteiger partial charge on any atom is 0.241 e. The van der Waals surface area contributed by atoms with Gasteiger partial charge >= 0.3 is 0 Å². The lowest BCUT2D eigenvalue weighted by atomic mass is 10.0. The number of hydrogen-bond donors (Lipinski definition) is 1. The molecule has 1 fully saturated rings. The second-order valence-electron chi connectivity index (χ2n) is 6.47. The third kappa shape index (κ3) is 4.46. The minimum absolute atomic E-state index is 0.0133. The first-order chi connectivity index (χ1) is 8.86. The van der Waals surface area contributed by atoms with Crippen LogP contribution in [0, 0.1) is 11.8 Å². The first-order valence-electron chi connectivity index (χ1n) is 7.61. The zero-order valence-corrected chi connectivity index (χ0v) is 13.4. The van der Waals surface area contributed by atoms with E-state index < -0.39 is 0 Å². The molecule has 4 heteroatoms. The van der Waals surface area contributed by atoms with E-state index in [0.717, 1.165) is 26.1 Å². The van der Waals surface area contributed by atoms with Gasteiger partial charge in [0.1, 0.15) is 0 Å². The molecule has 0 aliphatic carbocycles. The number of likely N-dealkylation sites (N-methyl/N-ethyl adjacent to an activating group) is 1. The molecule has 1 heterocycles. The molecule has 2 atom stereocenters. The van der Waals surface area contributed by atoms with Crippen LogP contribution in [0.5, 0.6) is 0 Å². The van der Waals surface area contributed by atoms with Crippen LogP contribution in [0.2, 0.25) is 0 Å². The highest BCUT2D eigenvalue weighted by Crippen LogP contribution is 2.21. The zero-order valence-electron chi connectivity index (χ0n) is 13.4. The standard InChI is InChI=1S/C15H31N3O/c1-7-17(6)8-9-18-14(12(4)5)16-13(15(18)19)10-11(2)3/h11-14,16H,7-10H2,1-6H3. The van der Waals surface area contributed by atoms with Crippen molar-refractivity contribution in [1.82, 2.24) is 15.1 Å². The van der Waals surface area contributed by atoms with Crippen LogP contribution >= 0.6 is 0 Å². The molecule has 1 saturated heterocycles. The van der Waals surface area contributed by atoms with Crippen molar-refractivity contribution >= 4 is 5.91 Å². The minimum Gasteiger partial charge on any atom is -0.324 e. The van der Waals surface area contributed by atoms with Gasteiger partial charge in [-0.1, -0.05) is 34.6 Å². The Morgan fingerprint density at radius 1 is 1.32 bits per heavy atom. The molecular weight excluding hydrogens is 238 g/mol. The second-order valence-corrected chi connectivity index (χ2v) is 6.47. The van der Waals surface area contributed by atoms with E-state index in [2.05, 4.69) is 51.9 Å². The van der Waals surface area contributed by atoms with Crippen LogP contribution < -0.4 is 5.32 Å². The number of amides is 1. The number of hydrogen-bond acceptors (Lipinski definition) is 3. The summed E-state index contributed by atoms with van der Waals surface area (Å²) in [7, 11) is 2.10. The molecule has 0 saturated carbocycles. The average molecular weight is 269 g/mol. The van der Waals surface area contributed by atoms with Crippen molar-refractivity contribution in [3.63, 3.8) is 0 Å². The van der Waals surface area contributed by atoms with Crippen molar-refractivity contribution in [2.75, 3.05) is 26.7 Å². The Balaban J connectivity index is 2.66. The van der Waals surface area contributed by atoms with Gasteiger partial charge in [0.2, 0.25) is 5.91 Å². The van der Waals surface area contributed by atoms with E-state index in [9.17, 15) is 4.79 Å². The predicted molar refractivity (Wildman–Crippen MR) is 79.9 cm³/mol. The van der Waals surface area contributed by atoms with Crippen LogP contribution in [0.15, 0.2) is 0 Å². The van der Waals surface area contributed by atoms with Crippen LogP contribution in [-0.2, 0) is 4.79 Å². The Morgan fingerprint density at radius 2 is 1.95 bits per heavy atom. The summed E-state index contributed by atoms with van der Waals surface area (Å²) in [6.07, 6.45) is 1.13. The molecule has 112 valence electrons. The summed E-state index contributed by atoms with van der Waals surface area (Å²) in [5.74, 6) is 1.29. The normalized spacial score (nSPS) is 24.3. The number of rotatable bonds is 7. The molecule has 19 heavy (non-hydrogen) atoms. The Hall–Kier alpha value is -0.610.